The molecule has 2 aromatic rings. The molecule has 5 N–H and O–H groups in total. The van der Waals surface area contributed by atoms with Gasteiger partial charge in [-0.15, -0.1) is 0 Å². The number of ketones is 2. The number of aromatic nitrogens is 4. The van der Waals surface area contributed by atoms with Crippen molar-refractivity contribution < 1.29 is 9.59 Å². The number of hydrogen-bond acceptors (Lipinski definition) is 8. The Bertz CT molecular complexity index is 766. The van der Waals surface area contributed by atoms with Gasteiger partial charge in [-0.1, -0.05) is 11.8 Å². The molecule has 8 nitrogen and oxygen atoms in total. The van der Waals surface area contributed by atoms with Gasteiger partial charge in [0, 0.05) is 11.3 Å². The second-order valence-corrected chi connectivity index (χ2v) is 6.45. The van der Waals surface area contributed by atoms with Gasteiger partial charge in [-0.2, -0.15) is 15.0 Å². The van der Waals surface area contributed by atoms with E-state index in [-0.39, 0.29) is 28.6 Å². The molecule has 23 heavy (non-hydrogen) atoms. The molecule has 0 aliphatic carbocycles. The lowest BCUT2D eigenvalue weighted by Crippen LogP contribution is -2.16. The van der Waals surface area contributed by atoms with Crippen LogP contribution in [0.25, 0.3) is 0 Å². The monoisotopic (exact) mass is 334 g/mol. The third-order valence-corrected chi connectivity index (χ3v) is 4.30. The number of Topliss-reactive ketones (excluding diaryl/α,β-unsaturated/α-hetero) is 2. The van der Waals surface area contributed by atoms with Crippen LogP contribution in [-0.4, -0.2) is 36.8 Å². The number of nitrogens with two attached hydrogens (primary N) is 2. The predicted molar refractivity (Wildman–Crippen MR) is 88.6 cm³/mol. The highest BCUT2D eigenvalue weighted by molar-refractivity contribution is 8.00. The number of aryl methyl sites for hydroxylation is 1. The van der Waals surface area contributed by atoms with E-state index in [9.17, 15) is 9.59 Å². The summed E-state index contributed by atoms with van der Waals surface area (Å²) in [6.45, 7) is 6.73. The zero-order valence-corrected chi connectivity index (χ0v) is 14.1. The number of anilines is 2. The molecule has 0 spiro atoms. The zero-order valence-electron chi connectivity index (χ0n) is 13.3. The van der Waals surface area contributed by atoms with Crippen LogP contribution in [0.2, 0.25) is 0 Å². The fourth-order valence-corrected chi connectivity index (χ4v) is 3.21. The molecule has 0 radical (unpaired) electrons. The van der Waals surface area contributed by atoms with Crippen molar-refractivity contribution in [2.45, 2.75) is 38.1 Å². The number of carbonyl (C=O) groups is 2. The highest BCUT2D eigenvalue weighted by atomic mass is 32.2. The van der Waals surface area contributed by atoms with Crippen molar-refractivity contribution in [1.82, 2.24) is 19.9 Å². The summed E-state index contributed by atoms with van der Waals surface area (Å²) in [7, 11) is 0. The molecule has 0 bridgehead atoms. The molecular weight excluding hydrogens is 316 g/mol. The molecular formula is C14H18N6O2S. The van der Waals surface area contributed by atoms with Gasteiger partial charge in [-0.3, -0.25) is 9.59 Å². The summed E-state index contributed by atoms with van der Waals surface area (Å²) in [6, 6.07) is 0. The normalized spacial score (nSPS) is 12.2. The Morgan fingerprint density at radius 1 is 1.13 bits per heavy atom. The van der Waals surface area contributed by atoms with Gasteiger partial charge in [0.1, 0.15) is 0 Å². The van der Waals surface area contributed by atoms with E-state index in [1.54, 1.807) is 20.8 Å². The molecule has 2 aromatic heterocycles. The lowest BCUT2D eigenvalue weighted by Gasteiger charge is -2.09. The molecule has 0 unspecified atom stereocenters. The van der Waals surface area contributed by atoms with Crippen LogP contribution in [-0.2, 0) is 0 Å². The first-order chi connectivity index (χ1) is 10.7. The Morgan fingerprint density at radius 2 is 1.70 bits per heavy atom. The average Bonchev–Trinajstić information content (AvgIpc) is 2.71. The minimum atomic E-state index is -0.479. The largest absolute Gasteiger partial charge is 0.368 e. The predicted octanol–water partition coefficient (Wildman–Crippen LogP) is 1.55. The van der Waals surface area contributed by atoms with E-state index in [1.165, 1.54) is 6.92 Å². The Balaban J connectivity index is 2.26. The number of nitrogens with one attached hydrogen (secondary N) is 1. The van der Waals surface area contributed by atoms with Crippen LogP contribution in [0.3, 0.4) is 0 Å². The number of carbonyl (C=O) groups excluding carboxylic acids is 2. The molecule has 9 heteroatoms. The van der Waals surface area contributed by atoms with Crippen molar-refractivity contribution in [3.05, 3.63) is 22.5 Å². The summed E-state index contributed by atoms with van der Waals surface area (Å²) in [6.07, 6.45) is 0. The van der Waals surface area contributed by atoms with Crippen LogP contribution in [0.5, 0.6) is 0 Å². The van der Waals surface area contributed by atoms with Crippen LogP contribution in [0, 0.1) is 13.8 Å². The van der Waals surface area contributed by atoms with Gasteiger partial charge < -0.3 is 16.5 Å². The standard InChI is InChI=1S/C14H18N6O2S/c1-5-9(7(3)21)6(2)17-10(5)11(22)8(4)23-14-19-12(15)18-13(16)20-14/h8,17H,1-4H3,(H4,15,16,18,19,20)/t8-/m1/s1. The molecule has 1 atom stereocenters. The van der Waals surface area contributed by atoms with Gasteiger partial charge in [0.05, 0.1) is 10.9 Å². The molecule has 0 saturated heterocycles. The Kier molecular flexibility index (Phi) is 4.69. The maximum absolute atomic E-state index is 12.6. The zero-order chi connectivity index (χ0) is 17.3. The Labute approximate surface area is 137 Å². The van der Waals surface area contributed by atoms with Gasteiger partial charge in [-0.05, 0) is 33.3 Å². The van der Waals surface area contributed by atoms with Gasteiger partial charge in [0.2, 0.25) is 11.9 Å². The van der Waals surface area contributed by atoms with E-state index in [4.69, 9.17) is 11.5 Å². The van der Waals surface area contributed by atoms with E-state index in [1.807, 2.05) is 0 Å². The van der Waals surface area contributed by atoms with Gasteiger partial charge >= 0.3 is 0 Å². The molecule has 0 saturated carbocycles. The molecule has 0 aliphatic rings. The molecule has 0 amide bonds. The van der Waals surface area contributed by atoms with Gasteiger partial charge in [0.25, 0.3) is 0 Å². The van der Waals surface area contributed by atoms with E-state index >= 15 is 0 Å². The van der Waals surface area contributed by atoms with Crippen molar-refractivity contribution in [1.29, 1.82) is 0 Å². The minimum absolute atomic E-state index is 0.00501. The first kappa shape index (κ1) is 16.9. The summed E-state index contributed by atoms with van der Waals surface area (Å²) < 4.78 is 0. The number of hydrogen-bond donors (Lipinski definition) is 3. The fraction of sp³-hybridized carbons (Fsp3) is 0.357. The maximum Gasteiger partial charge on any atom is 0.225 e. The fourth-order valence-electron chi connectivity index (χ4n) is 2.38. The quantitative estimate of drug-likeness (QED) is 0.552. The van der Waals surface area contributed by atoms with E-state index in [2.05, 4.69) is 19.9 Å². The molecule has 0 aliphatic heterocycles. The molecule has 0 fully saturated rings. The third kappa shape index (κ3) is 3.50. The van der Waals surface area contributed by atoms with Crippen LogP contribution in [0.1, 0.15) is 46.0 Å². The first-order valence-corrected chi connectivity index (χ1v) is 7.76. The summed E-state index contributed by atoms with van der Waals surface area (Å²) in [5.74, 6) is -0.217. The third-order valence-electron chi connectivity index (χ3n) is 3.34. The Hall–Kier alpha value is -2.42. The lowest BCUT2D eigenvalue weighted by molar-refractivity contribution is 0.0988. The topological polar surface area (TPSA) is 141 Å². The summed E-state index contributed by atoms with van der Waals surface area (Å²) >= 11 is 1.13. The number of thioether (sulfide) groups is 1. The molecule has 2 heterocycles. The molecule has 2 rings (SSSR count). The van der Waals surface area contributed by atoms with Crippen molar-refractivity contribution in [3.8, 4) is 0 Å². The van der Waals surface area contributed by atoms with E-state index < -0.39 is 5.25 Å². The lowest BCUT2D eigenvalue weighted by atomic mass is 10.0. The minimum Gasteiger partial charge on any atom is -0.368 e. The van der Waals surface area contributed by atoms with Crippen LogP contribution in [0.15, 0.2) is 5.16 Å². The Morgan fingerprint density at radius 3 is 2.17 bits per heavy atom. The van der Waals surface area contributed by atoms with Crippen LogP contribution >= 0.6 is 11.8 Å². The van der Waals surface area contributed by atoms with Crippen molar-refractivity contribution in [2.24, 2.45) is 0 Å². The summed E-state index contributed by atoms with van der Waals surface area (Å²) in [5, 5.41) is -0.198. The average molecular weight is 334 g/mol. The number of aromatic amines is 1. The second kappa shape index (κ2) is 6.37. The SMILES string of the molecule is CC(=O)c1c(C)[nH]c(C(=O)[C@@H](C)Sc2nc(N)nc(N)n2)c1C. The summed E-state index contributed by atoms with van der Waals surface area (Å²) in [5.41, 5.74) is 13.4. The van der Waals surface area contributed by atoms with Crippen LogP contribution < -0.4 is 11.5 Å². The second-order valence-electron chi connectivity index (χ2n) is 5.14. The van der Waals surface area contributed by atoms with E-state index in [0.29, 0.717) is 22.5 Å². The number of nitrogen functional groups attached to an aromatic ring is 2. The van der Waals surface area contributed by atoms with Crippen molar-refractivity contribution >= 4 is 35.2 Å². The maximum atomic E-state index is 12.6. The van der Waals surface area contributed by atoms with Gasteiger partial charge in [-0.25, -0.2) is 0 Å². The number of H-pyrrole nitrogens is 1. The smallest absolute Gasteiger partial charge is 0.225 e. The first-order valence-electron chi connectivity index (χ1n) is 6.88. The highest BCUT2D eigenvalue weighted by Gasteiger charge is 2.25. The van der Waals surface area contributed by atoms with E-state index in [0.717, 1.165) is 11.8 Å². The molecule has 122 valence electrons. The highest BCUT2D eigenvalue weighted by Crippen LogP contribution is 2.26. The number of rotatable bonds is 5. The molecule has 0 aromatic carbocycles. The van der Waals surface area contributed by atoms with Crippen LogP contribution in [0.4, 0.5) is 11.9 Å². The van der Waals surface area contributed by atoms with Gasteiger partial charge in [0.15, 0.2) is 16.7 Å². The van der Waals surface area contributed by atoms with Crippen molar-refractivity contribution in [3.63, 3.8) is 0 Å². The summed E-state index contributed by atoms with van der Waals surface area (Å²) in [4.78, 5) is 38.9. The number of nitrogens with zero attached hydrogens (tertiary/aromatic N) is 3. The van der Waals surface area contributed by atoms with Crippen molar-refractivity contribution in [2.75, 3.05) is 11.5 Å².